The Labute approximate surface area is 158 Å². The lowest BCUT2D eigenvalue weighted by atomic mass is 10.3. The Morgan fingerprint density at radius 2 is 1.37 bits per heavy atom. The molecule has 0 radical (unpaired) electrons. The van der Waals surface area contributed by atoms with Crippen molar-refractivity contribution < 1.29 is 23.8 Å². The van der Waals surface area contributed by atoms with Crippen LogP contribution in [0.25, 0.3) is 0 Å². The maximum Gasteiger partial charge on any atom is 0.412 e. The normalized spacial score (nSPS) is 12.5. The van der Waals surface area contributed by atoms with Crippen LogP contribution in [0.2, 0.25) is 0 Å². The van der Waals surface area contributed by atoms with Crippen LogP contribution in [0.5, 0.6) is 11.5 Å². The molecule has 0 heterocycles. The van der Waals surface area contributed by atoms with Gasteiger partial charge in [0.05, 0.1) is 18.8 Å². The minimum Gasteiger partial charge on any atom is -0.410 e. The number of carbonyl (C=O) groups is 2. The molecular weight excluding hydrogens is 348 g/mol. The largest absolute Gasteiger partial charge is 0.412 e. The van der Waals surface area contributed by atoms with Crippen LogP contribution in [-0.4, -0.2) is 37.5 Å². The molecule has 0 saturated carbocycles. The van der Waals surface area contributed by atoms with Gasteiger partial charge in [-0.1, -0.05) is 36.4 Å². The van der Waals surface area contributed by atoms with Crippen molar-refractivity contribution in [3.05, 3.63) is 60.7 Å². The highest BCUT2D eigenvalue weighted by Gasteiger charge is 2.12. The third-order valence-corrected chi connectivity index (χ3v) is 3.44. The van der Waals surface area contributed by atoms with Crippen LogP contribution in [0.3, 0.4) is 0 Å². The van der Waals surface area contributed by atoms with Gasteiger partial charge in [0, 0.05) is 6.54 Å². The molecule has 0 saturated heterocycles. The Balaban J connectivity index is 1.60. The van der Waals surface area contributed by atoms with Crippen molar-refractivity contribution in [2.24, 2.45) is 0 Å². The smallest absolute Gasteiger partial charge is 0.410 e. The van der Waals surface area contributed by atoms with E-state index in [0.29, 0.717) is 11.5 Å². The van der Waals surface area contributed by atoms with Crippen LogP contribution < -0.4 is 20.1 Å². The van der Waals surface area contributed by atoms with Crippen LogP contribution in [0.15, 0.2) is 60.7 Å². The predicted octanol–water partition coefficient (Wildman–Crippen LogP) is 3.36. The molecule has 7 heteroatoms. The summed E-state index contributed by atoms with van der Waals surface area (Å²) >= 11 is 0. The minimum atomic E-state index is -0.547. The molecule has 2 atom stereocenters. The third-order valence-electron chi connectivity index (χ3n) is 3.44. The summed E-state index contributed by atoms with van der Waals surface area (Å²) in [6.07, 6.45) is -1.34. The average Bonchev–Trinajstić information content (AvgIpc) is 2.66. The monoisotopic (exact) mass is 372 g/mol. The maximum absolute atomic E-state index is 11.8. The van der Waals surface area contributed by atoms with E-state index in [2.05, 4.69) is 10.6 Å². The van der Waals surface area contributed by atoms with Gasteiger partial charge in [0.25, 0.3) is 0 Å². The summed E-state index contributed by atoms with van der Waals surface area (Å²) < 4.78 is 15.9. The van der Waals surface area contributed by atoms with Gasteiger partial charge in [-0.15, -0.1) is 0 Å². The molecule has 0 spiro atoms. The molecule has 2 N–H and O–H groups in total. The topological polar surface area (TPSA) is 85.9 Å². The van der Waals surface area contributed by atoms with Crippen LogP contribution in [0.1, 0.15) is 13.8 Å². The van der Waals surface area contributed by atoms with Gasteiger partial charge in [-0.3, -0.25) is 0 Å². The zero-order valence-electron chi connectivity index (χ0n) is 15.4. The molecule has 2 rings (SSSR count). The van der Waals surface area contributed by atoms with Crippen molar-refractivity contribution in [1.29, 1.82) is 0 Å². The summed E-state index contributed by atoms with van der Waals surface area (Å²) in [5.74, 6) is 0.941. The first kappa shape index (κ1) is 20.3. The van der Waals surface area contributed by atoms with Crippen molar-refractivity contribution in [2.75, 3.05) is 13.2 Å². The zero-order chi connectivity index (χ0) is 19.5. The molecule has 0 bridgehead atoms. The molecule has 2 amide bonds. The van der Waals surface area contributed by atoms with Crippen molar-refractivity contribution in [3.63, 3.8) is 0 Å². The number of ether oxygens (including phenoxy) is 3. The number of nitrogens with one attached hydrogen (secondary N) is 2. The van der Waals surface area contributed by atoms with Gasteiger partial charge >= 0.3 is 12.2 Å². The van der Waals surface area contributed by atoms with E-state index in [0.717, 1.165) is 0 Å². The Hall–Kier alpha value is -3.06. The SMILES string of the molecule is CC(COC(C)CNC(=O)Oc1ccccc1)NC(=O)Oc1ccccc1. The molecular formula is C20H24N2O5. The van der Waals surface area contributed by atoms with E-state index in [1.807, 2.05) is 19.1 Å². The highest BCUT2D eigenvalue weighted by atomic mass is 16.6. The second kappa shape index (κ2) is 10.8. The molecule has 2 unspecified atom stereocenters. The standard InChI is InChI=1S/C20H24N2O5/c1-15(22-20(24)27-18-11-7-4-8-12-18)14-25-16(2)13-21-19(23)26-17-9-5-3-6-10-17/h3-12,15-16H,13-14H2,1-2H3,(H,21,23)(H,22,24). The third kappa shape index (κ3) is 8.24. The number of para-hydroxylation sites is 2. The van der Waals surface area contributed by atoms with Gasteiger partial charge in [-0.2, -0.15) is 0 Å². The molecule has 7 nitrogen and oxygen atoms in total. The number of rotatable bonds is 8. The lowest BCUT2D eigenvalue weighted by molar-refractivity contribution is 0.0533. The van der Waals surface area contributed by atoms with Gasteiger partial charge in [0.1, 0.15) is 11.5 Å². The van der Waals surface area contributed by atoms with Gasteiger partial charge in [-0.05, 0) is 38.1 Å². The van der Waals surface area contributed by atoms with Crippen molar-refractivity contribution in [1.82, 2.24) is 10.6 Å². The second-order valence-corrected chi connectivity index (χ2v) is 5.98. The van der Waals surface area contributed by atoms with E-state index < -0.39 is 12.2 Å². The molecule has 0 fully saturated rings. The molecule has 27 heavy (non-hydrogen) atoms. The van der Waals surface area contributed by atoms with Crippen LogP contribution in [0, 0.1) is 0 Å². The van der Waals surface area contributed by atoms with Gasteiger partial charge in [0.2, 0.25) is 0 Å². The van der Waals surface area contributed by atoms with Crippen LogP contribution >= 0.6 is 0 Å². The zero-order valence-corrected chi connectivity index (χ0v) is 15.4. The Kier molecular flexibility index (Phi) is 8.12. The quantitative estimate of drug-likeness (QED) is 0.742. The van der Waals surface area contributed by atoms with E-state index in [4.69, 9.17) is 14.2 Å². The van der Waals surface area contributed by atoms with E-state index in [1.54, 1.807) is 55.5 Å². The van der Waals surface area contributed by atoms with E-state index in [-0.39, 0.29) is 25.3 Å². The first-order valence-electron chi connectivity index (χ1n) is 8.68. The van der Waals surface area contributed by atoms with Crippen molar-refractivity contribution in [2.45, 2.75) is 26.0 Å². The summed E-state index contributed by atoms with van der Waals surface area (Å²) in [6.45, 7) is 4.18. The Bertz CT molecular complexity index is 709. The van der Waals surface area contributed by atoms with Crippen molar-refractivity contribution in [3.8, 4) is 11.5 Å². The summed E-state index contributed by atoms with van der Waals surface area (Å²) in [5, 5.41) is 5.31. The summed E-state index contributed by atoms with van der Waals surface area (Å²) in [4.78, 5) is 23.5. The molecule has 0 aliphatic carbocycles. The van der Waals surface area contributed by atoms with E-state index in [9.17, 15) is 9.59 Å². The van der Waals surface area contributed by atoms with Crippen LogP contribution in [0.4, 0.5) is 9.59 Å². The Morgan fingerprint density at radius 3 is 1.93 bits per heavy atom. The molecule has 0 aliphatic heterocycles. The fourth-order valence-electron chi connectivity index (χ4n) is 2.09. The molecule has 0 aromatic heterocycles. The molecule has 2 aromatic carbocycles. The fraction of sp³-hybridized carbons (Fsp3) is 0.300. The highest BCUT2D eigenvalue weighted by molar-refractivity contribution is 5.70. The summed E-state index contributed by atoms with van der Waals surface area (Å²) in [5.41, 5.74) is 0. The lowest BCUT2D eigenvalue weighted by Crippen LogP contribution is -2.40. The van der Waals surface area contributed by atoms with Gasteiger partial charge in [0.15, 0.2) is 0 Å². The van der Waals surface area contributed by atoms with Gasteiger partial charge < -0.3 is 24.8 Å². The number of benzene rings is 2. The van der Waals surface area contributed by atoms with Gasteiger partial charge in [-0.25, -0.2) is 9.59 Å². The molecule has 0 aliphatic rings. The first-order chi connectivity index (χ1) is 13.0. The summed E-state index contributed by atoms with van der Waals surface area (Å²) in [6, 6.07) is 17.4. The first-order valence-corrected chi connectivity index (χ1v) is 8.68. The minimum absolute atomic E-state index is 0.247. The van der Waals surface area contributed by atoms with Crippen molar-refractivity contribution >= 4 is 12.2 Å². The second-order valence-electron chi connectivity index (χ2n) is 5.98. The predicted molar refractivity (Wildman–Crippen MR) is 101 cm³/mol. The van der Waals surface area contributed by atoms with E-state index in [1.165, 1.54) is 0 Å². The number of amides is 2. The summed E-state index contributed by atoms with van der Waals surface area (Å²) in [7, 11) is 0. The maximum atomic E-state index is 11.8. The highest BCUT2D eigenvalue weighted by Crippen LogP contribution is 2.09. The fourth-order valence-corrected chi connectivity index (χ4v) is 2.09. The Morgan fingerprint density at radius 1 is 0.852 bits per heavy atom. The lowest BCUT2D eigenvalue weighted by Gasteiger charge is -2.18. The number of hydrogen-bond acceptors (Lipinski definition) is 5. The molecule has 2 aromatic rings. The number of hydrogen-bond donors (Lipinski definition) is 2. The van der Waals surface area contributed by atoms with Crippen LogP contribution in [-0.2, 0) is 4.74 Å². The number of carbonyl (C=O) groups excluding carboxylic acids is 2. The molecule has 144 valence electrons. The average molecular weight is 372 g/mol. The van der Waals surface area contributed by atoms with E-state index >= 15 is 0 Å².